The highest BCUT2D eigenvalue weighted by Crippen LogP contribution is 2.30. The van der Waals surface area contributed by atoms with Gasteiger partial charge in [-0.1, -0.05) is 17.7 Å². The highest BCUT2D eigenvalue weighted by Gasteiger charge is 2.08. The molecule has 0 saturated heterocycles. The van der Waals surface area contributed by atoms with Gasteiger partial charge in [-0.2, -0.15) is 0 Å². The van der Waals surface area contributed by atoms with Crippen LogP contribution in [0.2, 0.25) is 0 Å². The lowest BCUT2D eigenvalue weighted by Gasteiger charge is -2.21. The van der Waals surface area contributed by atoms with E-state index in [4.69, 9.17) is 10.5 Å². The molecule has 0 unspecified atom stereocenters. The van der Waals surface area contributed by atoms with Crippen molar-refractivity contribution in [2.75, 3.05) is 17.7 Å². The minimum absolute atomic E-state index is 0.134. The molecule has 2 aromatic rings. The van der Waals surface area contributed by atoms with Crippen molar-refractivity contribution in [1.29, 1.82) is 0 Å². The van der Waals surface area contributed by atoms with Crippen molar-refractivity contribution < 1.29 is 4.74 Å². The minimum Gasteiger partial charge on any atom is -0.491 e. The smallest absolute Gasteiger partial charge is 0.123 e. The Morgan fingerprint density at radius 1 is 1.00 bits per heavy atom. The molecule has 0 radical (unpaired) electrons. The molecule has 3 heteroatoms. The molecule has 0 fully saturated rings. The van der Waals surface area contributed by atoms with Crippen LogP contribution in [0.4, 0.5) is 17.1 Å². The van der Waals surface area contributed by atoms with Crippen LogP contribution in [0.3, 0.4) is 0 Å². The van der Waals surface area contributed by atoms with Gasteiger partial charge in [0.2, 0.25) is 0 Å². The molecule has 0 aliphatic carbocycles. The van der Waals surface area contributed by atoms with E-state index in [1.54, 1.807) is 0 Å². The van der Waals surface area contributed by atoms with Gasteiger partial charge in [-0.3, -0.25) is 0 Å². The Morgan fingerprint density at radius 2 is 1.65 bits per heavy atom. The molecule has 0 heterocycles. The third kappa shape index (κ3) is 3.44. The molecule has 2 aromatic carbocycles. The quantitative estimate of drug-likeness (QED) is 0.849. The molecular weight excluding hydrogens is 248 g/mol. The van der Waals surface area contributed by atoms with Crippen LogP contribution in [0, 0.1) is 6.92 Å². The highest BCUT2D eigenvalue weighted by atomic mass is 16.5. The van der Waals surface area contributed by atoms with Gasteiger partial charge in [0.25, 0.3) is 0 Å². The molecule has 0 aromatic heterocycles. The predicted octanol–water partition coefficient (Wildman–Crippen LogP) is 4.13. The molecule has 0 atom stereocenters. The second-order valence-electron chi connectivity index (χ2n) is 5.32. The number of aryl methyl sites for hydroxylation is 1. The molecule has 0 bridgehead atoms. The Bertz CT molecular complexity index is 576. The van der Waals surface area contributed by atoms with Crippen molar-refractivity contribution in [2.45, 2.75) is 26.9 Å². The number of ether oxygens (including phenoxy) is 1. The Morgan fingerprint density at radius 3 is 2.25 bits per heavy atom. The first kappa shape index (κ1) is 14.3. The van der Waals surface area contributed by atoms with Crippen molar-refractivity contribution in [3.05, 3.63) is 48.0 Å². The lowest BCUT2D eigenvalue weighted by atomic mass is 10.2. The summed E-state index contributed by atoms with van der Waals surface area (Å²) in [5.41, 5.74) is 10.1. The summed E-state index contributed by atoms with van der Waals surface area (Å²) < 4.78 is 5.73. The van der Waals surface area contributed by atoms with Gasteiger partial charge in [0.05, 0.1) is 6.10 Å². The van der Waals surface area contributed by atoms with Gasteiger partial charge >= 0.3 is 0 Å². The lowest BCUT2D eigenvalue weighted by Crippen LogP contribution is -2.11. The number of hydrogen-bond acceptors (Lipinski definition) is 3. The normalized spacial score (nSPS) is 10.7. The maximum atomic E-state index is 5.97. The monoisotopic (exact) mass is 270 g/mol. The van der Waals surface area contributed by atoms with Gasteiger partial charge in [-0.25, -0.2) is 0 Å². The van der Waals surface area contributed by atoms with E-state index >= 15 is 0 Å². The van der Waals surface area contributed by atoms with E-state index < -0.39 is 0 Å². The minimum atomic E-state index is 0.134. The standard InChI is InChI=1S/C17H22N2O/c1-12(2)20-17-10-14(18)9-16(11-17)19(4)15-7-5-13(3)6-8-15/h5-12H,18H2,1-4H3. The molecule has 2 N–H and O–H groups in total. The first-order valence-corrected chi connectivity index (χ1v) is 6.83. The van der Waals surface area contributed by atoms with Crippen molar-refractivity contribution >= 4 is 17.1 Å². The van der Waals surface area contributed by atoms with Gasteiger partial charge < -0.3 is 15.4 Å². The number of nitrogens with two attached hydrogens (primary N) is 1. The van der Waals surface area contributed by atoms with Gasteiger partial charge in [-0.05, 0) is 39.0 Å². The summed E-state index contributed by atoms with van der Waals surface area (Å²) in [6, 6.07) is 14.2. The third-order valence-corrected chi connectivity index (χ3v) is 3.09. The average Bonchev–Trinajstić information content (AvgIpc) is 2.37. The van der Waals surface area contributed by atoms with Gasteiger partial charge in [-0.15, -0.1) is 0 Å². The Kier molecular flexibility index (Phi) is 4.18. The molecule has 3 nitrogen and oxygen atoms in total. The maximum Gasteiger partial charge on any atom is 0.123 e. The number of nitrogens with zero attached hydrogens (tertiary/aromatic N) is 1. The van der Waals surface area contributed by atoms with Gasteiger partial charge in [0.15, 0.2) is 0 Å². The van der Waals surface area contributed by atoms with Crippen molar-refractivity contribution in [3.8, 4) is 5.75 Å². The van der Waals surface area contributed by atoms with Crippen LogP contribution in [0.25, 0.3) is 0 Å². The maximum absolute atomic E-state index is 5.97. The number of nitrogen functional groups attached to an aromatic ring is 1. The van der Waals surface area contributed by atoms with Crippen molar-refractivity contribution in [1.82, 2.24) is 0 Å². The fourth-order valence-corrected chi connectivity index (χ4v) is 2.06. The van der Waals surface area contributed by atoms with E-state index in [0.717, 1.165) is 17.1 Å². The van der Waals surface area contributed by atoms with Crippen LogP contribution < -0.4 is 15.4 Å². The van der Waals surface area contributed by atoms with Crippen LogP contribution in [-0.4, -0.2) is 13.2 Å². The average molecular weight is 270 g/mol. The van der Waals surface area contributed by atoms with Crippen LogP contribution in [0.1, 0.15) is 19.4 Å². The second-order valence-corrected chi connectivity index (χ2v) is 5.32. The zero-order valence-corrected chi connectivity index (χ0v) is 12.6. The van der Waals surface area contributed by atoms with Crippen LogP contribution in [-0.2, 0) is 0 Å². The fraction of sp³-hybridized carbons (Fsp3) is 0.294. The Hall–Kier alpha value is -2.16. The molecule has 20 heavy (non-hydrogen) atoms. The van der Waals surface area contributed by atoms with Gasteiger partial charge in [0, 0.05) is 36.2 Å². The topological polar surface area (TPSA) is 38.5 Å². The van der Waals surface area contributed by atoms with E-state index in [1.807, 2.05) is 39.1 Å². The molecule has 0 aliphatic rings. The molecule has 0 aliphatic heterocycles. The zero-order valence-electron chi connectivity index (χ0n) is 12.6. The first-order valence-electron chi connectivity index (χ1n) is 6.83. The van der Waals surface area contributed by atoms with Gasteiger partial charge in [0.1, 0.15) is 5.75 Å². The van der Waals surface area contributed by atoms with Crippen LogP contribution in [0.5, 0.6) is 5.75 Å². The van der Waals surface area contributed by atoms with Crippen LogP contribution >= 0.6 is 0 Å². The zero-order chi connectivity index (χ0) is 14.7. The van der Waals surface area contributed by atoms with Crippen LogP contribution in [0.15, 0.2) is 42.5 Å². The van der Waals surface area contributed by atoms with Crippen molar-refractivity contribution in [2.24, 2.45) is 0 Å². The third-order valence-electron chi connectivity index (χ3n) is 3.09. The summed E-state index contributed by atoms with van der Waals surface area (Å²) in [4.78, 5) is 2.10. The molecule has 0 spiro atoms. The summed E-state index contributed by atoms with van der Waals surface area (Å²) in [5, 5.41) is 0. The Labute approximate surface area is 121 Å². The van der Waals surface area contributed by atoms with E-state index in [2.05, 4.69) is 36.1 Å². The summed E-state index contributed by atoms with van der Waals surface area (Å²) in [6.07, 6.45) is 0.134. The van der Waals surface area contributed by atoms with E-state index in [-0.39, 0.29) is 6.10 Å². The fourth-order valence-electron chi connectivity index (χ4n) is 2.06. The van der Waals surface area contributed by atoms with E-state index in [9.17, 15) is 0 Å². The number of benzene rings is 2. The number of hydrogen-bond donors (Lipinski definition) is 1. The Balaban J connectivity index is 2.31. The lowest BCUT2D eigenvalue weighted by molar-refractivity contribution is 0.242. The van der Waals surface area contributed by atoms with E-state index in [1.165, 1.54) is 5.56 Å². The van der Waals surface area contributed by atoms with Crippen molar-refractivity contribution in [3.63, 3.8) is 0 Å². The number of anilines is 3. The highest BCUT2D eigenvalue weighted by molar-refractivity contribution is 5.68. The molecule has 0 saturated carbocycles. The summed E-state index contributed by atoms with van der Waals surface area (Å²) in [7, 11) is 2.03. The summed E-state index contributed by atoms with van der Waals surface area (Å²) in [5.74, 6) is 0.800. The second kappa shape index (κ2) is 5.87. The number of rotatable bonds is 4. The van der Waals surface area contributed by atoms with E-state index in [0.29, 0.717) is 5.69 Å². The molecule has 0 amide bonds. The summed E-state index contributed by atoms with van der Waals surface area (Å²) in [6.45, 7) is 6.10. The molecular formula is C17H22N2O. The summed E-state index contributed by atoms with van der Waals surface area (Å²) >= 11 is 0. The predicted molar refractivity (Wildman–Crippen MR) is 85.9 cm³/mol. The molecule has 2 rings (SSSR count). The first-order chi connectivity index (χ1) is 9.45. The SMILES string of the molecule is Cc1ccc(N(C)c2cc(N)cc(OC(C)C)c2)cc1. The molecule has 106 valence electrons. The largest absolute Gasteiger partial charge is 0.491 e.